The molecule has 5 heteroatoms. The normalized spacial score (nSPS) is 25.7. The first kappa shape index (κ1) is 14.6. The topological polar surface area (TPSA) is 57.6 Å². The van der Waals surface area contributed by atoms with Crippen molar-refractivity contribution in [3.63, 3.8) is 0 Å². The number of rotatable bonds is 3. The third-order valence-electron chi connectivity index (χ3n) is 4.56. The van der Waals surface area contributed by atoms with Crippen LogP contribution in [0.3, 0.4) is 0 Å². The Kier molecular flexibility index (Phi) is 4.02. The van der Waals surface area contributed by atoms with E-state index in [2.05, 4.69) is 28.1 Å². The molecule has 1 aliphatic carbocycles. The van der Waals surface area contributed by atoms with E-state index in [0.29, 0.717) is 31.8 Å². The zero-order valence-corrected chi connectivity index (χ0v) is 13.3. The molecule has 2 fully saturated rings. The van der Waals surface area contributed by atoms with E-state index in [9.17, 15) is 9.59 Å². The molecular weight excluding hydrogens is 334 g/mol. The summed E-state index contributed by atoms with van der Waals surface area (Å²) in [5, 5.41) is 8.99. The number of carbonyl (C=O) groups is 2. The summed E-state index contributed by atoms with van der Waals surface area (Å²) in [4.78, 5) is 25.2. The molecule has 1 N–H and O–H groups in total. The Morgan fingerprint density at radius 1 is 1.14 bits per heavy atom. The first-order chi connectivity index (χ1) is 10.1. The number of aliphatic carboxylic acids is 1. The summed E-state index contributed by atoms with van der Waals surface area (Å²) in [5.41, 5.74) is 1.22. The molecule has 1 aliphatic heterocycles. The van der Waals surface area contributed by atoms with Crippen LogP contribution in [0.15, 0.2) is 28.7 Å². The van der Waals surface area contributed by atoms with Crippen LogP contribution in [-0.4, -0.2) is 35.0 Å². The van der Waals surface area contributed by atoms with Gasteiger partial charge in [0.25, 0.3) is 0 Å². The van der Waals surface area contributed by atoms with Crippen LogP contribution in [0.1, 0.15) is 30.7 Å². The highest BCUT2D eigenvalue weighted by molar-refractivity contribution is 9.10. The van der Waals surface area contributed by atoms with Crippen molar-refractivity contribution in [2.45, 2.75) is 25.2 Å². The fraction of sp³-hybridized carbons (Fsp3) is 0.500. The van der Waals surface area contributed by atoms with Gasteiger partial charge in [0.05, 0.1) is 5.92 Å². The molecule has 21 heavy (non-hydrogen) atoms. The lowest BCUT2D eigenvalue weighted by Gasteiger charge is -2.30. The molecule has 1 saturated carbocycles. The Hall–Kier alpha value is -1.36. The van der Waals surface area contributed by atoms with Crippen LogP contribution < -0.4 is 0 Å². The fourth-order valence-corrected chi connectivity index (χ4v) is 3.39. The van der Waals surface area contributed by atoms with Crippen molar-refractivity contribution < 1.29 is 14.7 Å². The lowest BCUT2D eigenvalue weighted by molar-refractivity contribution is -0.146. The molecule has 4 nitrogen and oxygen atoms in total. The van der Waals surface area contributed by atoms with Crippen molar-refractivity contribution in [1.82, 2.24) is 4.90 Å². The summed E-state index contributed by atoms with van der Waals surface area (Å²) in [5.74, 6) is -0.390. The van der Waals surface area contributed by atoms with Crippen molar-refractivity contribution in [2.24, 2.45) is 11.8 Å². The van der Waals surface area contributed by atoms with E-state index in [1.165, 1.54) is 5.56 Å². The number of hydrogen-bond donors (Lipinski definition) is 1. The number of hydrogen-bond acceptors (Lipinski definition) is 2. The average Bonchev–Trinajstić information content (AvgIpc) is 3.28. The van der Waals surface area contributed by atoms with E-state index in [1.807, 2.05) is 17.0 Å². The minimum Gasteiger partial charge on any atom is -0.481 e. The lowest BCUT2D eigenvalue weighted by atomic mass is 9.96. The van der Waals surface area contributed by atoms with E-state index in [1.54, 1.807) is 0 Å². The largest absolute Gasteiger partial charge is 0.481 e. The van der Waals surface area contributed by atoms with Crippen LogP contribution in [0, 0.1) is 11.8 Å². The van der Waals surface area contributed by atoms with E-state index in [0.717, 1.165) is 10.9 Å². The molecule has 0 aromatic heterocycles. The quantitative estimate of drug-likeness (QED) is 0.910. The minimum absolute atomic E-state index is 0.0903. The third-order valence-corrected chi connectivity index (χ3v) is 5.09. The molecule has 112 valence electrons. The summed E-state index contributed by atoms with van der Waals surface area (Å²) >= 11 is 3.42. The van der Waals surface area contributed by atoms with Gasteiger partial charge in [0, 0.05) is 23.5 Å². The zero-order valence-electron chi connectivity index (χ0n) is 11.7. The Balaban J connectivity index is 1.56. The predicted molar refractivity (Wildman–Crippen MR) is 81.9 cm³/mol. The standard InChI is InChI=1S/C16H18BrNO3/c17-12-3-1-10(2-4-12)13-9-14(13)15(19)18-7-5-11(6-8-18)16(20)21/h1-4,11,13-14H,5-9H2,(H,20,21). The Labute approximate surface area is 132 Å². The summed E-state index contributed by atoms with van der Waals surface area (Å²) in [6.45, 7) is 1.17. The van der Waals surface area contributed by atoms with Gasteiger partial charge in [-0.3, -0.25) is 9.59 Å². The van der Waals surface area contributed by atoms with Gasteiger partial charge >= 0.3 is 5.97 Å². The van der Waals surface area contributed by atoms with Gasteiger partial charge in [-0.05, 0) is 42.9 Å². The molecule has 2 aliphatic rings. The van der Waals surface area contributed by atoms with Crippen molar-refractivity contribution in [3.05, 3.63) is 34.3 Å². The molecule has 2 unspecified atom stereocenters. The second-order valence-electron chi connectivity index (χ2n) is 5.94. The van der Waals surface area contributed by atoms with E-state index >= 15 is 0 Å². The number of likely N-dealkylation sites (tertiary alicyclic amines) is 1. The van der Waals surface area contributed by atoms with Crippen molar-refractivity contribution >= 4 is 27.8 Å². The summed E-state index contributed by atoms with van der Waals surface area (Å²) in [6.07, 6.45) is 2.08. The maximum Gasteiger partial charge on any atom is 0.306 e. The molecule has 3 rings (SSSR count). The SMILES string of the molecule is O=C(O)C1CCN(C(=O)C2CC2c2ccc(Br)cc2)CC1. The van der Waals surface area contributed by atoms with E-state index in [4.69, 9.17) is 5.11 Å². The highest BCUT2D eigenvalue weighted by Gasteiger charge is 2.46. The van der Waals surface area contributed by atoms with Crippen LogP contribution >= 0.6 is 15.9 Å². The second-order valence-corrected chi connectivity index (χ2v) is 6.85. The van der Waals surface area contributed by atoms with Crippen LogP contribution in [0.5, 0.6) is 0 Å². The summed E-state index contributed by atoms with van der Waals surface area (Å²) in [6, 6.07) is 8.15. The number of amides is 1. The highest BCUT2D eigenvalue weighted by Crippen LogP contribution is 2.48. The zero-order chi connectivity index (χ0) is 15.0. The number of carboxylic acids is 1. The maximum atomic E-state index is 12.5. The van der Waals surface area contributed by atoms with Gasteiger partial charge in [-0.15, -0.1) is 0 Å². The number of nitrogens with zero attached hydrogens (tertiary/aromatic N) is 1. The van der Waals surface area contributed by atoms with Gasteiger partial charge < -0.3 is 10.0 Å². The van der Waals surface area contributed by atoms with Crippen LogP contribution in [0.2, 0.25) is 0 Å². The molecule has 1 amide bonds. The molecule has 1 aromatic rings. The van der Waals surface area contributed by atoms with Gasteiger partial charge in [-0.2, -0.15) is 0 Å². The Bertz CT molecular complexity index is 549. The fourth-order valence-electron chi connectivity index (χ4n) is 3.13. The van der Waals surface area contributed by atoms with Crippen LogP contribution in [-0.2, 0) is 9.59 Å². The summed E-state index contributed by atoms with van der Waals surface area (Å²) < 4.78 is 1.05. The molecule has 1 saturated heterocycles. The first-order valence-electron chi connectivity index (χ1n) is 7.33. The molecule has 0 spiro atoms. The Morgan fingerprint density at radius 3 is 2.33 bits per heavy atom. The highest BCUT2D eigenvalue weighted by atomic mass is 79.9. The van der Waals surface area contributed by atoms with E-state index < -0.39 is 5.97 Å². The van der Waals surface area contributed by atoms with Crippen molar-refractivity contribution in [2.75, 3.05) is 13.1 Å². The maximum absolute atomic E-state index is 12.5. The molecule has 1 aromatic carbocycles. The van der Waals surface area contributed by atoms with Gasteiger partial charge in [0.1, 0.15) is 0 Å². The smallest absolute Gasteiger partial charge is 0.306 e. The molecular formula is C16H18BrNO3. The minimum atomic E-state index is -0.735. The van der Waals surface area contributed by atoms with Crippen molar-refractivity contribution in [1.29, 1.82) is 0 Å². The van der Waals surface area contributed by atoms with Crippen molar-refractivity contribution in [3.8, 4) is 0 Å². The number of carbonyl (C=O) groups excluding carboxylic acids is 1. The predicted octanol–water partition coefficient (Wildman–Crippen LogP) is 2.88. The third kappa shape index (κ3) is 3.12. The monoisotopic (exact) mass is 351 g/mol. The van der Waals surface area contributed by atoms with Gasteiger partial charge in [-0.1, -0.05) is 28.1 Å². The average molecular weight is 352 g/mol. The van der Waals surface area contributed by atoms with E-state index in [-0.39, 0.29) is 17.7 Å². The number of carboxylic acid groups (broad SMARTS) is 1. The van der Waals surface area contributed by atoms with Crippen LogP contribution in [0.25, 0.3) is 0 Å². The first-order valence-corrected chi connectivity index (χ1v) is 8.12. The second kappa shape index (κ2) is 5.79. The Morgan fingerprint density at radius 2 is 1.76 bits per heavy atom. The van der Waals surface area contributed by atoms with Gasteiger partial charge in [0.2, 0.25) is 5.91 Å². The molecule has 0 bridgehead atoms. The lowest BCUT2D eigenvalue weighted by Crippen LogP contribution is -2.41. The number of halogens is 1. The molecule has 2 atom stereocenters. The van der Waals surface area contributed by atoms with Crippen LogP contribution in [0.4, 0.5) is 0 Å². The van der Waals surface area contributed by atoms with Gasteiger partial charge in [-0.25, -0.2) is 0 Å². The molecule has 0 radical (unpaired) electrons. The summed E-state index contributed by atoms with van der Waals surface area (Å²) in [7, 11) is 0. The molecule has 1 heterocycles. The number of benzene rings is 1. The van der Waals surface area contributed by atoms with Gasteiger partial charge in [0.15, 0.2) is 0 Å². The number of piperidine rings is 1.